The highest BCUT2D eigenvalue weighted by Crippen LogP contribution is 2.39. The maximum atomic E-state index is 4.80. The van der Waals surface area contributed by atoms with Crippen LogP contribution in [0.2, 0.25) is 19.6 Å². The molecular formula is C27H28N2SSi. The van der Waals surface area contributed by atoms with E-state index in [-0.39, 0.29) is 0 Å². The fourth-order valence-electron chi connectivity index (χ4n) is 4.53. The summed E-state index contributed by atoms with van der Waals surface area (Å²) in [7, 11) is -1.46. The molecule has 0 aliphatic rings. The maximum Gasteiger partial charge on any atom is 0.116 e. The Labute approximate surface area is 189 Å². The molecule has 0 unspecified atom stereocenters. The summed E-state index contributed by atoms with van der Waals surface area (Å²) in [6, 6.07) is 18.1. The third-order valence-electron chi connectivity index (χ3n) is 6.12. The van der Waals surface area contributed by atoms with Gasteiger partial charge in [-0.3, -0.25) is 0 Å². The number of benzene rings is 3. The van der Waals surface area contributed by atoms with E-state index in [0.717, 1.165) is 11.2 Å². The molecule has 5 rings (SSSR count). The van der Waals surface area contributed by atoms with E-state index in [1.54, 1.807) is 6.33 Å². The molecular weight excluding hydrogens is 412 g/mol. The van der Waals surface area contributed by atoms with Gasteiger partial charge in [0.15, 0.2) is 0 Å². The molecule has 2 nitrogen and oxygen atoms in total. The summed E-state index contributed by atoms with van der Waals surface area (Å²) in [5.74, 6) is 0.448. The van der Waals surface area contributed by atoms with Crippen LogP contribution in [-0.4, -0.2) is 18.0 Å². The van der Waals surface area contributed by atoms with Crippen molar-refractivity contribution in [2.75, 3.05) is 0 Å². The molecule has 0 atom stereocenters. The largest absolute Gasteiger partial charge is 0.235 e. The molecule has 0 fully saturated rings. The van der Waals surface area contributed by atoms with Gasteiger partial charge < -0.3 is 0 Å². The van der Waals surface area contributed by atoms with Crippen molar-refractivity contribution in [3.05, 3.63) is 66.0 Å². The minimum absolute atomic E-state index is 0.448. The highest BCUT2D eigenvalue weighted by molar-refractivity contribution is 7.28. The third kappa shape index (κ3) is 3.38. The number of hydrogen-bond donors (Lipinski definition) is 0. The topological polar surface area (TPSA) is 25.8 Å². The summed E-state index contributed by atoms with van der Waals surface area (Å²) in [4.78, 5) is 9.53. The Kier molecular flexibility index (Phi) is 4.76. The van der Waals surface area contributed by atoms with Crippen LogP contribution in [0.15, 0.2) is 54.9 Å². The van der Waals surface area contributed by atoms with E-state index in [0.29, 0.717) is 5.92 Å². The zero-order valence-corrected chi connectivity index (χ0v) is 20.9. The molecule has 0 saturated heterocycles. The van der Waals surface area contributed by atoms with Crippen LogP contribution in [0.4, 0.5) is 0 Å². The standard InChI is InChI=1S/C27H28N2SSi/c1-16(2)22-14-19(13-18-12-17(3)10-11-20(18)22)24-27-25(29-15-28-24)21-8-7-9-23(26(21)30-27)31(4,5)6/h7-16H,1-6H3. The second-order valence-electron chi connectivity index (χ2n) is 9.88. The summed E-state index contributed by atoms with van der Waals surface area (Å²) in [5.41, 5.74) is 5.99. The zero-order valence-electron chi connectivity index (χ0n) is 19.1. The lowest BCUT2D eigenvalue weighted by Gasteiger charge is -2.17. The second kappa shape index (κ2) is 7.25. The first kappa shape index (κ1) is 20.3. The van der Waals surface area contributed by atoms with Crippen molar-refractivity contribution in [1.82, 2.24) is 9.97 Å². The van der Waals surface area contributed by atoms with E-state index in [4.69, 9.17) is 9.97 Å². The molecule has 0 aliphatic heterocycles. The summed E-state index contributed by atoms with van der Waals surface area (Å²) in [5, 5.41) is 5.41. The molecule has 0 bridgehead atoms. The van der Waals surface area contributed by atoms with Crippen LogP contribution in [0.1, 0.15) is 30.9 Å². The molecule has 5 aromatic rings. The Morgan fingerprint density at radius 3 is 2.42 bits per heavy atom. The molecule has 4 heteroatoms. The lowest BCUT2D eigenvalue weighted by Crippen LogP contribution is -2.37. The first-order valence-electron chi connectivity index (χ1n) is 11.0. The molecule has 0 N–H and O–H groups in total. The molecule has 0 aliphatic carbocycles. The van der Waals surface area contributed by atoms with Crippen LogP contribution in [0.3, 0.4) is 0 Å². The number of aryl methyl sites for hydroxylation is 1. The van der Waals surface area contributed by atoms with Crippen LogP contribution < -0.4 is 5.19 Å². The van der Waals surface area contributed by atoms with Crippen LogP contribution >= 0.6 is 11.3 Å². The van der Waals surface area contributed by atoms with Gasteiger partial charge in [0.1, 0.15) is 6.33 Å². The number of rotatable bonds is 3. The van der Waals surface area contributed by atoms with Crippen molar-refractivity contribution < 1.29 is 0 Å². The third-order valence-corrected chi connectivity index (χ3v) is 9.57. The van der Waals surface area contributed by atoms with Crippen LogP contribution in [0.25, 0.3) is 42.3 Å². The Bertz CT molecular complexity index is 1460. The first-order valence-corrected chi connectivity index (χ1v) is 15.3. The van der Waals surface area contributed by atoms with E-state index in [2.05, 4.69) is 88.9 Å². The Hall–Kier alpha value is -2.56. The van der Waals surface area contributed by atoms with Gasteiger partial charge in [-0.25, -0.2) is 9.97 Å². The predicted molar refractivity (Wildman–Crippen MR) is 140 cm³/mol. The zero-order chi connectivity index (χ0) is 21.9. The number of thiophene rings is 1. The SMILES string of the molecule is Cc1ccc2c(C(C)C)cc(-c3ncnc4c3sc3c([Si](C)(C)C)cccc34)cc2c1. The van der Waals surface area contributed by atoms with Gasteiger partial charge in [0.2, 0.25) is 0 Å². The van der Waals surface area contributed by atoms with E-state index in [9.17, 15) is 0 Å². The molecule has 2 heterocycles. The van der Waals surface area contributed by atoms with Crippen molar-refractivity contribution in [3.8, 4) is 11.3 Å². The van der Waals surface area contributed by atoms with Crippen LogP contribution in [0, 0.1) is 6.92 Å². The van der Waals surface area contributed by atoms with E-state index < -0.39 is 8.07 Å². The van der Waals surface area contributed by atoms with Crippen molar-refractivity contribution >= 4 is 55.7 Å². The minimum atomic E-state index is -1.46. The van der Waals surface area contributed by atoms with E-state index >= 15 is 0 Å². The van der Waals surface area contributed by atoms with Crippen LogP contribution in [0.5, 0.6) is 0 Å². The monoisotopic (exact) mass is 440 g/mol. The van der Waals surface area contributed by atoms with Gasteiger partial charge in [0.05, 0.1) is 24.0 Å². The van der Waals surface area contributed by atoms with Crippen molar-refractivity contribution in [2.45, 2.75) is 46.3 Å². The summed E-state index contributed by atoms with van der Waals surface area (Å²) in [6.07, 6.45) is 1.74. The normalized spacial score (nSPS) is 12.5. The van der Waals surface area contributed by atoms with Gasteiger partial charge in [-0.05, 0) is 46.5 Å². The summed E-state index contributed by atoms with van der Waals surface area (Å²) in [6.45, 7) is 14.0. The Morgan fingerprint density at radius 2 is 1.68 bits per heavy atom. The second-order valence-corrected chi connectivity index (χ2v) is 15.9. The number of aromatic nitrogens is 2. The predicted octanol–water partition coefficient (Wildman–Crippen LogP) is 7.64. The van der Waals surface area contributed by atoms with Gasteiger partial charge in [-0.15, -0.1) is 11.3 Å². The van der Waals surface area contributed by atoms with E-state index in [1.165, 1.54) is 47.4 Å². The molecule has 0 saturated carbocycles. The van der Waals surface area contributed by atoms with Crippen molar-refractivity contribution in [1.29, 1.82) is 0 Å². The number of fused-ring (bicyclic) bond motifs is 4. The van der Waals surface area contributed by atoms with Crippen molar-refractivity contribution in [3.63, 3.8) is 0 Å². The molecule has 2 aromatic heterocycles. The molecule has 0 radical (unpaired) electrons. The fraction of sp³-hybridized carbons (Fsp3) is 0.259. The quantitative estimate of drug-likeness (QED) is 0.269. The highest BCUT2D eigenvalue weighted by Gasteiger charge is 2.23. The van der Waals surface area contributed by atoms with Gasteiger partial charge in [-0.2, -0.15) is 0 Å². The van der Waals surface area contributed by atoms with Gasteiger partial charge in [0.25, 0.3) is 0 Å². The Morgan fingerprint density at radius 1 is 0.871 bits per heavy atom. The first-order chi connectivity index (χ1) is 14.7. The van der Waals surface area contributed by atoms with Gasteiger partial charge in [0, 0.05) is 15.6 Å². The minimum Gasteiger partial charge on any atom is -0.235 e. The molecule has 31 heavy (non-hydrogen) atoms. The summed E-state index contributed by atoms with van der Waals surface area (Å²) >= 11 is 1.87. The average molecular weight is 441 g/mol. The number of nitrogens with zero attached hydrogens (tertiary/aromatic N) is 2. The molecule has 0 amide bonds. The van der Waals surface area contributed by atoms with Crippen molar-refractivity contribution in [2.24, 2.45) is 0 Å². The lowest BCUT2D eigenvalue weighted by molar-refractivity contribution is 0.876. The molecule has 156 valence electrons. The van der Waals surface area contributed by atoms with Crippen LogP contribution in [-0.2, 0) is 0 Å². The fourth-order valence-corrected chi connectivity index (χ4v) is 8.19. The summed E-state index contributed by atoms with van der Waals surface area (Å²) < 4.78 is 2.59. The maximum absolute atomic E-state index is 4.80. The smallest absolute Gasteiger partial charge is 0.116 e. The Balaban J connectivity index is 1.84. The van der Waals surface area contributed by atoms with E-state index in [1.807, 2.05) is 11.3 Å². The average Bonchev–Trinajstić information content (AvgIpc) is 3.10. The van der Waals surface area contributed by atoms with Gasteiger partial charge >= 0.3 is 0 Å². The molecule has 3 aromatic carbocycles. The number of hydrogen-bond acceptors (Lipinski definition) is 3. The van der Waals surface area contributed by atoms with Gasteiger partial charge in [-0.1, -0.05) is 75.5 Å². The lowest BCUT2D eigenvalue weighted by atomic mass is 9.92. The molecule has 0 spiro atoms. The highest BCUT2D eigenvalue weighted by atomic mass is 32.1.